The maximum Gasteiger partial charge on any atom is 0.248 e. The molecule has 5 nitrogen and oxygen atoms in total. The van der Waals surface area contributed by atoms with Gasteiger partial charge in [-0.05, 0) is 44.0 Å². The number of ether oxygens (including phenoxy) is 1. The minimum Gasteiger partial charge on any atom is -0.437 e. The minimum atomic E-state index is 0.370. The Balaban J connectivity index is 2.27. The van der Waals surface area contributed by atoms with E-state index in [-0.39, 0.29) is 0 Å². The van der Waals surface area contributed by atoms with Crippen molar-refractivity contribution in [2.45, 2.75) is 20.8 Å². The van der Waals surface area contributed by atoms with Crippen molar-refractivity contribution >= 4 is 11.5 Å². The van der Waals surface area contributed by atoms with E-state index in [2.05, 4.69) is 22.2 Å². The van der Waals surface area contributed by atoms with E-state index in [9.17, 15) is 0 Å². The quantitative estimate of drug-likeness (QED) is 0.882. The van der Waals surface area contributed by atoms with E-state index in [1.807, 2.05) is 32.0 Å². The molecule has 0 aliphatic heterocycles. The second-order valence-electron chi connectivity index (χ2n) is 4.32. The summed E-state index contributed by atoms with van der Waals surface area (Å²) in [7, 11) is 0. The van der Waals surface area contributed by atoms with E-state index in [1.54, 1.807) is 0 Å². The monoisotopic (exact) mass is 258 g/mol. The highest BCUT2D eigenvalue weighted by atomic mass is 16.5. The van der Waals surface area contributed by atoms with Crippen molar-refractivity contribution in [1.82, 2.24) is 9.97 Å². The van der Waals surface area contributed by atoms with Gasteiger partial charge in [0.1, 0.15) is 17.8 Å². The highest BCUT2D eigenvalue weighted by Crippen LogP contribution is 2.29. The molecule has 0 radical (unpaired) electrons. The molecular weight excluding hydrogens is 240 g/mol. The van der Waals surface area contributed by atoms with Crippen LogP contribution in [0.4, 0.5) is 11.5 Å². The van der Waals surface area contributed by atoms with Crippen LogP contribution >= 0.6 is 0 Å². The molecular formula is C14H18N4O. The number of nitrogens with zero attached hydrogens (tertiary/aromatic N) is 2. The Morgan fingerprint density at radius 1 is 1.21 bits per heavy atom. The van der Waals surface area contributed by atoms with Crippen LogP contribution in [0.15, 0.2) is 24.5 Å². The number of nitrogen functional groups attached to an aromatic ring is 1. The fourth-order valence-electron chi connectivity index (χ4n) is 1.66. The fourth-order valence-corrected chi connectivity index (χ4v) is 1.66. The van der Waals surface area contributed by atoms with Crippen molar-refractivity contribution < 1.29 is 4.74 Å². The Kier molecular flexibility index (Phi) is 3.85. The summed E-state index contributed by atoms with van der Waals surface area (Å²) >= 11 is 0. The number of benzene rings is 1. The van der Waals surface area contributed by atoms with Crippen LogP contribution < -0.4 is 15.8 Å². The number of hydrogen-bond acceptors (Lipinski definition) is 5. The van der Waals surface area contributed by atoms with E-state index in [4.69, 9.17) is 10.5 Å². The van der Waals surface area contributed by atoms with E-state index in [1.165, 1.54) is 11.9 Å². The summed E-state index contributed by atoms with van der Waals surface area (Å²) in [5.74, 6) is 1.68. The molecule has 19 heavy (non-hydrogen) atoms. The van der Waals surface area contributed by atoms with Gasteiger partial charge in [-0.25, -0.2) is 4.98 Å². The molecule has 0 saturated heterocycles. The molecule has 0 aliphatic rings. The van der Waals surface area contributed by atoms with Crippen LogP contribution in [0.2, 0.25) is 0 Å². The zero-order valence-corrected chi connectivity index (χ0v) is 11.4. The first-order valence-electron chi connectivity index (χ1n) is 6.21. The molecule has 1 heterocycles. The summed E-state index contributed by atoms with van der Waals surface area (Å²) in [5.41, 5.74) is 8.77. The zero-order valence-electron chi connectivity index (χ0n) is 11.4. The molecule has 0 unspecified atom stereocenters. The number of hydrogen-bond donors (Lipinski definition) is 2. The molecule has 0 aliphatic carbocycles. The number of nitrogens with one attached hydrogen (secondary N) is 1. The van der Waals surface area contributed by atoms with Crippen LogP contribution in [0, 0.1) is 13.8 Å². The number of anilines is 2. The maximum atomic E-state index is 5.97. The number of nitrogens with two attached hydrogens (primary N) is 1. The molecule has 2 rings (SSSR count). The molecule has 0 atom stereocenters. The van der Waals surface area contributed by atoms with Gasteiger partial charge in [-0.1, -0.05) is 6.07 Å². The highest BCUT2D eigenvalue weighted by Gasteiger charge is 2.09. The average Bonchev–Trinajstić information content (AvgIpc) is 2.39. The van der Waals surface area contributed by atoms with Crippen LogP contribution in [-0.2, 0) is 0 Å². The lowest BCUT2D eigenvalue weighted by molar-refractivity contribution is 0.464. The van der Waals surface area contributed by atoms with Crippen molar-refractivity contribution in [3.8, 4) is 11.6 Å². The van der Waals surface area contributed by atoms with Gasteiger partial charge >= 0.3 is 0 Å². The van der Waals surface area contributed by atoms with Crippen molar-refractivity contribution in [1.29, 1.82) is 0 Å². The molecule has 2 aromatic rings. The number of aromatic nitrogens is 2. The Morgan fingerprint density at radius 3 is 2.68 bits per heavy atom. The van der Waals surface area contributed by atoms with Crippen LogP contribution in [0.1, 0.15) is 18.1 Å². The predicted octanol–water partition coefficient (Wildman–Crippen LogP) is 2.90. The maximum absolute atomic E-state index is 5.97. The molecule has 0 bridgehead atoms. The Bertz CT molecular complexity index is 584. The van der Waals surface area contributed by atoms with Gasteiger partial charge in [0.2, 0.25) is 5.88 Å². The number of rotatable bonds is 4. The molecule has 5 heteroatoms. The average molecular weight is 258 g/mol. The van der Waals surface area contributed by atoms with Crippen molar-refractivity contribution in [2.24, 2.45) is 0 Å². The molecule has 3 N–H and O–H groups in total. The van der Waals surface area contributed by atoms with E-state index < -0.39 is 0 Å². The first-order valence-corrected chi connectivity index (χ1v) is 6.21. The van der Waals surface area contributed by atoms with Gasteiger partial charge in [0, 0.05) is 6.54 Å². The predicted molar refractivity (Wildman–Crippen MR) is 76.6 cm³/mol. The first kappa shape index (κ1) is 13.1. The van der Waals surface area contributed by atoms with Gasteiger partial charge in [-0.15, -0.1) is 0 Å². The largest absolute Gasteiger partial charge is 0.437 e. The molecule has 0 fully saturated rings. The zero-order chi connectivity index (χ0) is 13.8. The molecule has 1 aromatic carbocycles. The third kappa shape index (κ3) is 2.93. The summed E-state index contributed by atoms with van der Waals surface area (Å²) in [4.78, 5) is 8.14. The highest BCUT2D eigenvalue weighted by molar-refractivity contribution is 5.66. The third-order valence-corrected chi connectivity index (χ3v) is 2.88. The second kappa shape index (κ2) is 5.56. The van der Waals surface area contributed by atoms with Crippen LogP contribution in [0.5, 0.6) is 11.6 Å². The van der Waals surface area contributed by atoms with Crippen LogP contribution in [-0.4, -0.2) is 16.5 Å². The molecule has 0 saturated carbocycles. The molecule has 1 aromatic heterocycles. The third-order valence-electron chi connectivity index (χ3n) is 2.88. The Morgan fingerprint density at radius 2 is 2.00 bits per heavy atom. The lowest BCUT2D eigenvalue weighted by Crippen LogP contribution is -2.05. The number of aryl methyl sites for hydroxylation is 2. The summed E-state index contributed by atoms with van der Waals surface area (Å²) in [6, 6.07) is 5.87. The van der Waals surface area contributed by atoms with Gasteiger partial charge in [0.05, 0.1) is 0 Å². The lowest BCUT2D eigenvalue weighted by Gasteiger charge is -2.11. The Hall–Kier alpha value is -2.30. The van der Waals surface area contributed by atoms with Crippen LogP contribution in [0.3, 0.4) is 0 Å². The van der Waals surface area contributed by atoms with Gasteiger partial charge < -0.3 is 15.8 Å². The van der Waals surface area contributed by atoms with E-state index >= 15 is 0 Å². The Labute approximate surface area is 112 Å². The smallest absolute Gasteiger partial charge is 0.248 e. The summed E-state index contributed by atoms with van der Waals surface area (Å²) in [5, 5.41) is 3.07. The van der Waals surface area contributed by atoms with Crippen molar-refractivity contribution in [2.75, 3.05) is 17.6 Å². The fraction of sp³-hybridized carbons (Fsp3) is 0.286. The molecule has 0 spiro atoms. The normalized spacial score (nSPS) is 10.3. The van der Waals surface area contributed by atoms with Crippen molar-refractivity contribution in [3.05, 3.63) is 35.7 Å². The van der Waals surface area contributed by atoms with Gasteiger partial charge in [-0.2, -0.15) is 4.98 Å². The lowest BCUT2D eigenvalue weighted by atomic mass is 10.1. The SMILES string of the molecule is CCNc1ncnc(Oc2ccc(C)c(C)c2)c1N. The van der Waals surface area contributed by atoms with Gasteiger partial charge in [0.15, 0.2) is 5.82 Å². The summed E-state index contributed by atoms with van der Waals surface area (Å²) in [6.07, 6.45) is 1.44. The topological polar surface area (TPSA) is 73.1 Å². The summed E-state index contributed by atoms with van der Waals surface area (Å²) in [6.45, 7) is 6.81. The first-order chi connectivity index (χ1) is 9.11. The molecule has 100 valence electrons. The minimum absolute atomic E-state index is 0.370. The van der Waals surface area contributed by atoms with Crippen LogP contribution in [0.25, 0.3) is 0 Å². The summed E-state index contributed by atoms with van der Waals surface area (Å²) < 4.78 is 5.72. The van der Waals surface area contributed by atoms with E-state index in [0.717, 1.165) is 17.9 Å². The standard InChI is InChI=1S/C14H18N4O/c1-4-16-13-12(15)14(18-8-17-13)19-11-6-5-9(2)10(3)7-11/h5-8H,4,15H2,1-3H3,(H,16,17,18). The van der Waals surface area contributed by atoms with Gasteiger partial charge in [0.25, 0.3) is 0 Å². The second-order valence-corrected chi connectivity index (χ2v) is 4.32. The molecule has 0 amide bonds. The van der Waals surface area contributed by atoms with Crippen molar-refractivity contribution in [3.63, 3.8) is 0 Å². The van der Waals surface area contributed by atoms with E-state index in [0.29, 0.717) is 17.4 Å². The van der Waals surface area contributed by atoms with Gasteiger partial charge in [-0.3, -0.25) is 0 Å².